The molecular weight excluding hydrogens is 252 g/mol. The fourth-order valence-corrected chi connectivity index (χ4v) is 2.15. The molecule has 1 aromatic carbocycles. The van der Waals surface area contributed by atoms with Crippen molar-refractivity contribution in [2.24, 2.45) is 12.2 Å². The Labute approximate surface area is 116 Å². The van der Waals surface area contributed by atoms with Crippen LogP contribution in [0.4, 0.5) is 0 Å². The zero-order valence-electron chi connectivity index (χ0n) is 11.3. The predicted octanol–water partition coefficient (Wildman–Crippen LogP) is 2.37. The molecule has 0 saturated carbocycles. The largest absolute Gasteiger partial charge is 0.399 e. The maximum Gasteiger partial charge on any atom is 0.136 e. The number of para-hydroxylation sites is 1. The van der Waals surface area contributed by atoms with Gasteiger partial charge in [0.1, 0.15) is 12.8 Å². The summed E-state index contributed by atoms with van der Waals surface area (Å²) in [5, 5.41) is 9.35. The van der Waals surface area contributed by atoms with Crippen molar-refractivity contribution < 1.29 is 4.84 Å². The third-order valence-electron chi connectivity index (χ3n) is 3.11. The Morgan fingerprint density at radius 2 is 2.10 bits per heavy atom. The maximum atomic E-state index is 4.97. The van der Waals surface area contributed by atoms with Gasteiger partial charge in [0, 0.05) is 30.4 Å². The normalized spacial score (nSPS) is 11.8. The maximum absolute atomic E-state index is 4.97. The van der Waals surface area contributed by atoms with Crippen LogP contribution >= 0.6 is 0 Å². The van der Waals surface area contributed by atoms with E-state index in [1.165, 1.54) is 7.11 Å². The second kappa shape index (κ2) is 5.13. The molecule has 3 aromatic rings. The number of hydrogen-bond acceptors (Lipinski definition) is 4. The van der Waals surface area contributed by atoms with Gasteiger partial charge in [0.25, 0.3) is 0 Å². The highest BCUT2D eigenvalue weighted by Crippen LogP contribution is 2.16. The summed E-state index contributed by atoms with van der Waals surface area (Å²) in [6.07, 6.45) is 3.53. The number of rotatable bonds is 3. The Morgan fingerprint density at radius 1 is 1.25 bits per heavy atom. The zero-order chi connectivity index (χ0) is 13.9. The average Bonchev–Trinajstić information content (AvgIpc) is 2.90. The lowest BCUT2D eigenvalue weighted by Crippen LogP contribution is -2.10. The lowest BCUT2D eigenvalue weighted by Gasteiger charge is -2.07. The van der Waals surface area contributed by atoms with Gasteiger partial charge in [-0.25, -0.2) is 0 Å². The summed E-state index contributed by atoms with van der Waals surface area (Å²) < 4.78 is 1.76. The van der Waals surface area contributed by atoms with Gasteiger partial charge in [0.05, 0.1) is 11.2 Å². The number of fused-ring (bicyclic) bond motifs is 1. The average molecular weight is 266 g/mol. The molecule has 0 radical (unpaired) electrons. The van der Waals surface area contributed by atoms with Gasteiger partial charge in [-0.2, -0.15) is 5.10 Å². The predicted molar refractivity (Wildman–Crippen MR) is 77.6 cm³/mol. The molecule has 0 unspecified atom stereocenters. The van der Waals surface area contributed by atoms with Gasteiger partial charge in [0.2, 0.25) is 0 Å². The van der Waals surface area contributed by atoms with Crippen LogP contribution < -0.4 is 0 Å². The Morgan fingerprint density at radius 3 is 2.85 bits per heavy atom. The van der Waals surface area contributed by atoms with Gasteiger partial charge in [-0.05, 0) is 18.2 Å². The van der Waals surface area contributed by atoms with E-state index in [1.54, 1.807) is 17.1 Å². The van der Waals surface area contributed by atoms with E-state index in [-0.39, 0.29) is 0 Å². The number of aromatic nitrogens is 3. The summed E-state index contributed by atoms with van der Waals surface area (Å²) in [6.45, 7) is 0. The van der Waals surface area contributed by atoms with Crippen LogP contribution in [-0.4, -0.2) is 27.6 Å². The molecule has 0 spiro atoms. The Hall–Kier alpha value is -2.69. The fraction of sp³-hybridized carbons (Fsp3) is 0.133. The monoisotopic (exact) mass is 266 g/mol. The van der Waals surface area contributed by atoms with E-state index in [9.17, 15) is 0 Å². The van der Waals surface area contributed by atoms with Crippen LogP contribution in [-0.2, 0) is 11.9 Å². The first-order chi connectivity index (χ1) is 9.79. The third kappa shape index (κ3) is 2.14. The van der Waals surface area contributed by atoms with E-state index in [4.69, 9.17) is 4.84 Å². The first kappa shape index (κ1) is 12.3. The summed E-state index contributed by atoms with van der Waals surface area (Å²) in [7, 11) is 3.40. The number of nitrogens with zero attached hydrogens (tertiary/aromatic N) is 4. The molecule has 5 nitrogen and oxygen atoms in total. The van der Waals surface area contributed by atoms with E-state index in [2.05, 4.69) is 15.2 Å². The summed E-state index contributed by atoms with van der Waals surface area (Å²) in [5.74, 6) is 0. The van der Waals surface area contributed by atoms with Crippen molar-refractivity contribution in [1.82, 2.24) is 14.8 Å². The lowest BCUT2D eigenvalue weighted by atomic mass is 10.1. The standard InChI is InChI=1S/C15H14N4O/c1-19-14(7-8-17-19)15(18-20-2)12-9-11-5-3-4-6-13(11)16-10-12/h3-10H,1-2H3. The molecule has 0 bridgehead atoms. The molecule has 100 valence electrons. The van der Waals surface area contributed by atoms with Crippen molar-refractivity contribution in [3.63, 3.8) is 0 Å². The van der Waals surface area contributed by atoms with E-state index in [1.807, 2.05) is 43.4 Å². The van der Waals surface area contributed by atoms with Gasteiger partial charge in [-0.15, -0.1) is 0 Å². The quantitative estimate of drug-likeness (QED) is 0.540. The minimum atomic E-state index is 0.714. The number of aryl methyl sites for hydroxylation is 1. The smallest absolute Gasteiger partial charge is 0.136 e. The molecule has 0 amide bonds. The molecule has 0 saturated heterocycles. The molecule has 0 aliphatic rings. The van der Waals surface area contributed by atoms with Gasteiger partial charge < -0.3 is 4.84 Å². The van der Waals surface area contributed by atoms with E-state index < -0.39 is 0 Å². The Bertz CT molecular complexity index is 776. The molecule has 5 heteroatoms. The summed E-state index contributed by atoms with van der Waals surface area (Å²) in [5.41, 5.74) is 3.45. The highest BCUT2D eigenvalue weighted by molar-refractivity contribution is 6.12. The minimum Gasteiger partial charge on any atom is -0.399 e. The van der Waals surface area contributed by atoms with Crippen molar-refractivity contribution >= 4 is 16.6 Å². The van der Waals surface area contributed by atoms with E-state index in [0.29, 0.717) is 5.71 Å². The number of oxime groups is 1. The zero-order valence-corrected chi connectivity index (χ0v) is 11.3. The summed E-state index contributed by atoms with van der Waals surface area (Å²) >= 11 is 0. The van der Waals surface area contributed by atoms with Crippen molar-refractivity contribution in [1.29, 1.82) is 0 Å². The molecule has 0 aliphatic heterocycles. The van der Waals surface area contributed by atoms with Crippen molar-refractivity contribution in [2.45, 2.75) is 0 Å². The van der Waals surface area contributed by atoms with Gasteiger partial charge in [-0.3, -0.25) is 9.67 Å². The minimum absolute atomic E-state index is 0.714. The van der Waals surface area contributed by atoms with Crippen LogP contribution in [0.15, 0.2) is 53.9 Å². The molecule has 2 aromatic heterocycles. The highest BCUT2D eigenvalue weighted by Gasteiger charge is 2.13. The van der Waals surface area contributed by atoms with Crippen LogP contribution in [0, 0.1) is 0 Å². The molecule has 20 heavy (non-hydrogen) atoms. The van der Waals surface area contributed by atoms with Crippen LogP contribution in [0.2, 0.25) is 0 Å². The number of benzene rings is 1. The number of pyridine rings is 1. The van der Waals surface area contributed by atoms with Crippen LogP contribution in [0.25, 0.3) is 10.9 Å². The van der Waals surface area contributed by atoms with Crippen LogP contribution in [0.5, 0.6) is 0 Å². The van der Waals surface area contributed by atoms with Gasteiger partial charge >= 0.3 is 0 Å². The molecular formula is C15H14N4O. The van der Waals surface area contributed by atoms with E-state index >= 15 is 0 Å². The first-order valence-corrected chi connectivity index (χ1v) is 6.24. The molecule has 0 fully saturated rings. The number of hydrogen-bond donors (Lipinski definition) is 0. The van der Waals surface area contributed by atoms with Gasteiger partial charge in [-0.1, -0.05) is 23.4 Å². The lowest BCUT2D eigenvalue weighted by molar-refractivity contribution is 0.213. The van der Waals surface area contributed by atoms with Crippen molar-refractivity contribution in [3.05, 3.63) is 60.0 Å². The van der Waals surface area contributed by atoms with Gasteiger partial charge in [0.15, 0.2) is 0 Å². The third-order valence-corrected chi connectivity index (χ3v) is 3.11. The Balaban J connectivity index is 2.15. The second-order valence-electron chi connectivity index (χ2n) is 4.38. The van der Waals surface area contributed by atoms with Crippen LogP contribution in [0.1, 0.15) is 11.3 Å². The van der Waals surface area contributed by atoms with Crippen molar-refractivity contribution in [3.8, 4) is 0 Å². The fourth-order valence-electron chi connectivity index (χ4n) is 2.15. The Kier molecular flexibility index (Phi) is 3.16. The molecule has 2 heterocycles. The molecule has 0 atom stereocenters. The molecule has 3 rings (SSSR count). The highest BCUT2D eigenvalue weighted by atomic mass is 16.6. The summed E-state index contributed by atoms with van der Waals surface area (Å²) in [4.78, 5) is 9.43. The SMILES string of the molecule is CON=C(c1cnc2ccccc2c1)c1ccnn1C. The molecule has 0 N–H and O–H groups in total. The van der Waals surface area contributed by atoms with Crippen molar-refractivity contribution in [2.75, 3.05) is 7.11 Å². The summed E-state index contributed by atoms with van der Waals surface area (Å²) in [6, 6.07) is 11.9. The molecule has 0 aliphatic carbocycles. The second-order valence-corrected chi connectivity index (χ2v) is 4.38. The first-order valence-electron chi connectivity index (χ1n) is 6.24. The van der Waals surface area contributed by atoms with E-state index in [0.717, 1.165) is 22.2 Å². The topological polar surface area (TPSA) is 52.3 Å². The van der Waals surface area contributed by atoms with Crippen LogP contribution in [0.3, 0.4) is 0 Å².